The number of rotatable bonds is 3. The number of phenols is 2. The van der Waals surface area contributed by atoms with Crippen molar-refractivity contribution in [2.24, 2.45) is 4.99 Å². The maximum atomic E-state index is 11.2. The second-order valence-electron chi connectivity index (χ2n) is 3.92. The number of nitrogens with zero attached hydrogens (tertiary/aromatic N) is 1. The summed E-state index contributed by atoms with van der Waals surface area (Å²) in [5.41, 5.74) is 0.580. The van der Waals surface area contributed by atoms with E-state index in [0.29, 0.717) is 5.57 Å². The highest BCUT2D eigenvalue weighted by atomic mass is 16.4. The Hall–Kier alpha value is -2.30. The minimum absolute atomic E-state index is 0.0265. The summed E-state index contributed by atoms with van der Waals surface area (Å²) in [4.78, 5) is 15.1. The minimum Gasteiger partial charge on any atom is -0.507 e. The molecule has 0 heterocycles. The van der Waals surface area contributed by atoms with Crippen molar-refractivity contribution >= 4 is 11.7 Å². The molecule has 0 atom stereocenters. The predicted molar refractivity (Wildman–Crippen MR) is 68.2 cm³/mol. The topological polar surface area (TPSA) is 90.1 Å². The van der Waals surface area contributed by atoms with E-state index in [1.165, 1.54) is 25.2 Å². The second kappa shape index (κ2) is 5.35. The van der Waals surface area contributed by atoms with Crippen molar-refractivity contribution in [3.63, 3.8) is 0 Å². The molecule has 0 radical (unpaired) electrons. The van der Waals surface area contributed by atoms with Gasteiger partial charge in [0.2, 0.25) is 0 Å². The fourth-order valence-corrected chi connectivity index (χ4v) is 1.67. The van der Waals surface area contributed by atoms with Crippen LogP contribution in [0.2, 0.25) is 0 Å². The molecule has 1 rings (SSSR count). The van der Waals surface area contributed by atoms with Crippen LogP contribution in [0.15, 0.2) is 34.3 Å². The minimum atomic E-state index is -1.15. The van der Waals surface area contributed by atoms with E-state index in [0.717, 1.165) is 0 Å². The average molecular weight is 249 g/mol. The summed E-state index contributed by atoms with van der Waals surface area (Å²) in [6.07, 6.45) is 0. The van der Waals surface area contributed by atoms with E-state index in [9.17, 15) is 20.1 Å². The van der Waals surface area contributed by atoms with E-state index in [1.807, 2.05) is 0 Å². The Morgan fingerprint density at radius 1 is 1.17 bits per heavy atom. The molecule has 0 spiro atoms. The normalized spacial score (nSPS) is 11.2. The molecule has 96 valence electrons. The fraction of sp³-hybridized carbons (Fsp3) is 0.231. The molecule has 1 aromatic rings. The van der Waals surface area contributed by atoms with E-state index in [1.54, 1.807) is 13.8 Å². The number of aliphatic carboxylic acids is 1. The van der Waals surface area contributed by atoms with Gasteiger partial charge in [0.1, 0.15) is 11.5 Å². The molecule has 0 bridgehead atoms. The zero-order chi connectivity index (χ0) is 13.9. The molecular formula is C13H15NO4. The maximum Gasteiger partial charge on any atom is 0.337 e. The first-order valence-electron chi connectivity index (χ1n) is 5.29. The molecule has 18 heavy (non-hydrogen) atoms. The number of aliphatic imine (C=N–C) groups is 1. The first-order chi connectivity index (χ1) is 8.40. The molecule has 0 saturated heterocycles. The van der Waals surface area contributed by atoms with E-state index in [2.05, 4.69) is 4.99 Å². The van der Waals surface area contributed by atoms with Gasteiger partial charge >= 0.3 is 5.97 Å². The third-order valence-corrected chi connectivity index (χ3v) is 2.43. The Morgan fingerprint density at radius 3 is 2.00 bits per heavy atom. The van der Waals surface area contributed by atoms with Crippen molar-refractivity contribution < 1.29 is 20.1 Å². The van der Waals surface area contributed by atoms with Gasteiger partial charge in [0.25, 0.3) is 0 Å². The van der Waals surface area contributed by atoms with Crippen molar-refractivity contribution in [2.75, 3.05) is 7.05 Å². The summed E-state index contributed by atoms with van der Waals surface area (Å²) >= 11 is 0. The van der Waals surface area contributed by atoms with Crippen LogP contribution in [-0.2, 0) is 4.79 Å². The Bertz CT molecular complexity index is 520. The summed E-state index contributed by atoms with van der Waals surface area (Å²) < 4.78 is 0. The molecule has 5 heteroatoms. The third kappa shape index (κ3) is 2.51. The molecule has 0 aliphatic heterocycles. The molecule has 0 aromatic heterocycles. The van der Waals surface area contributed by atoms with Crippen LogP contribution in [0.25, 0.3) is 0 Å². The smallest absolute Gasteiger partial charge is 0.337 e. The summed E-state index contributed by atoms with van der Waals surface area (Å²) in [5, 5.41) is 28.7. The molecule has 5 nitrogen and oxygen atoms in total. The van der Waals surface area contributed by atoms with Crippen molar-refractivity contribution in [3.05, 3.63) is 34.9 Å². The van der Waals surface area contributed by atoms with Gasteiger partial charge < -0.3 is 15.3 Å². The first kappa shape index (κ1) is 13.8. The Morgan fingerprint density at radius 2 is 1.67 bits per heavy atom. The highest BCUT2D eigenvalue weighted by Crippen LogP contribution is 2.30. The third-order valence-electron chi connectivity index (χ3n) is 2.43. The largest absolute Gasteiger partial charge is 0.507 e. The number of aromatic hydroxyl groups is 2. The van der Waals surface area contributed by atoms with E-state index >= 15 is 0 Å². The van der Waals surface area contributed by atoms with Crippen LogP contribution in [0.3, 0.4) is 0 Å². The first-order valence-corrected chi connectivity index (χ1v) is 5.29. The average Bonchev–Trinajstić information content (AvgIpc) is 2.25. The zero-order valence-electron chi connectivity index (χ0n) is 10.4. The van der Waals surface area contributed by atoms with Gasteiger partial charge in [0.05, 0.1) is 16.8 Å². The maximum absolute atomic E-state index is 11.2. The van der Waals surface area contributed by atoms with Gasteiger partial charge in [-0.3, -0.25) is 4.99 Å². The molecule has 0 aliphatic carbocycles. The van der Waals surface area contributed by atoms with Crippen LogP contribution in [0, 0.1) is 0 Å². The van der Waals surface area contributed by atoms with Gasteiger partial charge in [-0.25, -0.2) is 4.79 Å². The SMILES string of the molecule is C/N=C(\C(C(=O)O)=C(C)C)c1c(O)cccc1O. The molecule has 1 aromatic carbocycles. The highest BCUT2D eigenvalue weighted by Gasteiger charge is 2.23. The van der Waals surface area contributed by atoms with Gasteiger partial charge in [-0.1, -0.05) is 11.6 Å². The number of carboxylic acid groups (broad SMARTS) is 1. The van der Waals surface area contributed by atoms with Gasteiger partial charge in [0, 0.05) is 7.05 Å². The van der Waals surface area contributed by atoms with Gasteiger partial charge in [0.15, 0.2) is 0 Å². The molecule has 0 aliphatic rings. The number of allylic oxidation sites excluding steroid dienone is 1. The monoisotopic (exact) mass is 249 g/mol. The van der Waals surface area contributed by atoms with Crippen LogP contribution in [0.4, 0.5) is 0 Å². The lowest BCUT2D eigenvalue weighted by Gasteiger charge is -2.12. The van der Waals surface area contributed by atoms with Gasteiger partial charge in [-0.05, 0) is 26.0 Å². The van der Waals surface area contributed by atoms with Crippen LogP contribution >= 0.6 is 0 Å². The lowest BCUT2D eigenvalue weighted by atomic mass is 9.97. The van der Waals surface area contributed by atoms with Crippen LogP contribution in [0.5, 0.6) is 11.5 Å². The molecule has 0 amide bonds. The van der Waals surface area contributed by atoms with E-state index in [-0.39, 0.29) is 28.3 Å². The van der Waals surface area contributed by atoms with Crippen molar-refractivity contribution in [1.29, 1.82) is 0 Å². The lowest BCUT2D eigenvalue weighted by Crippen LogP contribution is -2.15. The number of benzene rings is 1. The summed E-state index contributed by atoms with van der Waals surface area (Å²) in [5.74, 6) is -1.58. The standard InChI is InChI=1S/C13H15NO4/c1-7(2)10(13(17)18)12(14-3)11-8(15)5-4-6-9(11)16/h4-6,15-16H,1-3H3,(H,17,18)/b14-12+. The Labute approximate surface area is 105 Å². The molecule has 0 saturated carbocycles. The highest BCUT2D eigenvalue weighted by molar-refractivity contribution is 6.28. The van der Waals surface area contributed by atoms with Crippen LogP contribution < -0.4 is 0 Å². The second-order valence-corrected chi connectivity index (χ2v) is 3.92. The number of hydrogen-bond acceptors (Lipinski definition) is 4. The van der Waals surface area contributed by atoms with Gasteiger partial charge in [-0.15, -0.1) is 0 Å². The van der Waals surface area contributed by atoms with Crippen molar-refractivity contribution in [3.8, 4) is 11.5 Å². The summed E-state index contributed by atoms with van der Waals surface area (Å²) in [7, 11) is 1.41. The fourth-order valence-electron chi connectivity index (χ4n) is 1.67. The molecule has 0 unspecified atom stereocenters. The van der Waals surface area contributed by atoms with E-state index in [4.69, 9.17) is 0 Å². The van der Waals surface area contributed by atoms with Crippen LogP contribution in [-0.4, -0.2) is 34.0 Å². The van der Waals surface area contributed by atoms with Crippen molar-refractivity contribution in [1.82, 2.24) is 0 Å². The zero-order valence-corrected chi connectivity index (χ0v) is 10.4. The number of hydrogen-bond donors (Lipinski definition) is 3. The number of phenolic OH excluding ortho intramolecular Hbond substituents is 2. The summed E-state index contributed by atoms with van der Waals surface area (Å²) in [6, 6.07) is 4.19. The van der Waals surface area contributed by atoms with E-state index < -0.39 is 5.97 Å². The molecule has 3 N–H and O–H groups in total. The number of carboxylic acids is 1. The summed E-state index contributed by atoms with van der Waals surface area (Å²) in [6.45, 7) is 3.26. The Kier molecular flexibility index (Phi) is 4.09. The molecular weight excluding hydrogens is 234 g/mol. The lowest BCUT2D eigenvalue weighted by molar-refractivity contribution is -0.132. The predicted octanol–water partition coefficient (Wildman–Crippen LogP) is 1.94. The Balaban J connectivity index is 3.55. The molecule has 0 fully saturated rings. The number of carbonyl (C=O) groups is 1. The van der Waals surface area contributed by atoms with Crippen LogP contribution in [0.1, 0.15) is 19.4 Å². The van der Waals surface area contributed by atoms with Crippen molar-refractivity contribution in [2.45, 2.75) is 13.8 Å². The quantitative estimate of drug-likeness (QED) is 0.564. The van der Waals surface area contributed by atoms with Gasteiger partial charge in [-0.2, -0.15) is 0 Å².